The zero-order valence-corrected chi connectivity index (χ0v) is 17.5. The van der Waals surface area contributed by atoms with E-state index in [1.807, 2.05) is 37.3 Å². The molecule has 2 aromatic rings. The molecule has 0 saturated carbocycles. The van der Waals surface area contributed by atoms with Gasteiger partial charge in [-0.3, -0.25) is 9.10 Å². The Morgan fingerprint density at radius 3 is 2.37 bits per heavy atom. The fourth-order valence-electron chi connectivity index (χ4n) is 2.59. The van der Waals surface area contributed by atoms with E-state index in [0.717, 1.165) is 23.4 Å². The summed E-state index contributed by atoms with van der Waals surface area (Å²) in [5.74, 6) is -0.382. The van der Waals surface area contributed by atoms with Crippen LogP contribution in [0.5, 0.6) is 0 Å². The molecule has 0 saturated heterocycles. The number of halogens is 2. The predicted octanol–water partition coefficient (Wildman–Crippen LogP) is 3.90. The lowest BCUT2D eigenvalue weighted by atomic mass is 10.1. The van der Waals surface area contributed by atoms with Gasteiger partial charge in [0.25, 0.3) is 0 Å². The summed E-state index contributed by atoms with van der Waals surface area (Å²) in [4.78, 5) is 12.4. The van der Waals surface area contributed by atoms with Gasteiger partial charge < -0.3 is 5.32 Å². The van der Waals surface area contributed by atoms with Crippen LogP contribution >= 0.6 is 23.2 Å². The van der Waals surface area contributed by atoms with Gasteiger partial charge in [-0.15, -0.1) is 0 Å². The third-order valence-corrected chi connectivity index (χ3v) is 5.87. The highest BCUT2D eigenvalue weighted by Crippen LogP contribution is 2.28. The van der Waals surface area contributed by atoms with Gasteiger partial charge in [-0.25, -0.2) is 8.42 Å². The Hall–Kier alpha value is -1.76. The van der Waals surface area contributed by atoms with Gasteiger partial charge in [0.2, 0.25) is 15.9 Å². The molecule has 0 aliphatic rings. The maximum Gasteiger partial charge on any atom is 0.240 e. The predicted molar refractivity (Wildman–Crippen MR) is 111 cm³/mol. The molecule has 1 atom stereocenters. The first-order valence-corrected chi connectivity index (χ1v) is 11.0. The van der Waals surface area contributed by atoms with Crippen molar-refractivity contribution in [3.63, 3.8) is 0 Å². The molecule has 2 aromatic carbocycles. The van der Waals surface area contributed by atoms with Crippen molar-refractivity contribution < 1.29 is 13.2 Å². The summed E-state index contributed by atoms with van der Waals surface area (Å²) in [5.41, 5.74) is 1.48. The monoisotopic (exact) mass is 428 g/mol. The number of benzene rings is 2. The number of anilines is 1. The summed E-state index contributed by atoms with van der Waals surface area (Å²) < 4.78 is 25.3. The summed E-state index contributed by atoms with van der Waals surface area (Å²) in [5, 5.41) is 3.38. The number of rotatable bonds is 8. The number of amides is 1. The van der Waals surface area contributed by atoms with Crippen LogP contribution < -0.4 is 9.62 Å². The summed E-state index contributed by atoms with van der Waals surface area (Å²) in [6.07, 6.45) is 2.62. The Kier molecular flexibility index (Phi) is 7.53. The van der Waals surface area contributed by atoms with Crippen molar-refractivity contribution >= 4 is 44.8 Å². The number of nitrogens with zero attached hydrogens (tertiary/aromatic N) is 1. The SMILES string of the molecule is C[C@H](CCc1ccccc1)NC(=O)CN(c1ccc(Cl)c(Cl)c1)S(C)(=O)=O. The van der Waals surface area contributed by atoms with Gasteiger partial charge in [0, 0.05) is 6.04 Å². The summed E-state index contributed by atoms with van der Waals surface area (Å²) in [6, 6.07) is 14.3. The van der Waals surface area contributed by atoms with Crippen LogP contribution in [-0.4, -0.2) is 33.2 Å². The van der Waals surface area contributed by atoms with Crippen LogP contribution in [0.3, 0.4) is 0 Å². The fourth-order valence-corrected chi connectivity index (χ4v) is 3.73. The Bertz CT molecular complexity index is 889. The van der Waals surface area contributed by atoms with Gasteiger partial charge >= 0.3 is 0 Å². The van der Waals surface area contributed by atoms with E-state index < -0.39 is 10.0 Å². The maximum atomic E-state index is 12.4. The highest BCUT2D eigenvalue weighted by atomic mass is 35.5. The first kappa shape index (κ1) is 21.5. The Morgan fingerprint density at radius 1 is 1.11 bits per heavy atom. The molecule has 8 heteroatoms. The highest BCUT2D eigenvalue weighted by Gasteiger charge is 2.22. The number of hydrogen-bond donors (Lipinski definition) is 1. The third-order valence-electron chi connectivity index (χ3n) is 3.99. The molecule has 0 spiro atoms. The molecule has 1 amide bonds. The number of nitrogens with one attached hydrogen (secondary N) is 1. The topological polar surface area (TPSA) is 66.5 Å². The lowest BCUT2D eigenvalue weighted by molar-refractivity contribution is -0.120. The molecule has 0 aromatic heterocycles. The Balaban J connectivity index is 2.00. The summed E-state index contributed by atoms with van der Waals surface area (Å²) in [7, 11) is -3.66. The molecule has 0 bridgehead atoms. The molecular formula is C19H22Cl2N2O3S. The normalized spacial score (nSPS) is 12.4. The van der Waals surface area contributed by atoms with Crippen molar-refractivity contribution in [2.24, 2.45) is 0 Å². The largest absolute Gasteiger partial charge is 0.352 e. The quantitative estimate of drug-likeness (QED) is 0.692. The molecule has 0 fully saturated rings. The van der Waals surface area contributed by atoms with Gasteiger partial charge in [0.1, 0.15) is 6.54 Å². The average molecular weight is 429 g/mol. The maximum absolute atomic E-state index is 12.4. The first-order valence-electron chi connectivity index (χ1n) is 8.43. The molecule has 27 heavy (non-hydrogen) atoms. The van der Waals surface area contributed by atoms with Gasteiger partial charge in [-0.05, 0) is 43.5 Å². The number of hydrogen-bond acceptors (Lipinski definition) is 3. The van der Waals surface area contributed by atoms with Crippen LogP contribution in [0.2, 0.25) is 10.0 Å². The van der Waals surface area contributed by atoms with Crippen molar-refractivity contribution in [2.75, 3.05) is 17.1 Å². The van der Waals surface area contributed by atoms with Crippen LogP contribution in [-0.2, 0) is 21.2 Å². The molecule has 2 rings (SSSR count). The van der Waals surface area contributed by atoms with E-state index in [1.165, 1.54) is 23.8 Å². The molecule has 0 unspecified atom stereocenters. The molecule has 0 aliphatic heterocycles. The summed E-state index contributed by atoms with van der Waals surface area (Å²) >= 11 is 11.9. The minimum atomic E-state index is -3.66. The minimum absolute atomic E-state index is 0.0899. The van der Waals surface area contributed by atoms with Gasteiger partial charge in [-0.2, -0.15) is 0 Å². The van der Waals surface area contributed by atoms with Crippen molar-refractivity contribution in [3.8, 4) is 0 Å². The van der Waals surface area contributed by atoms with Crippen molar-refractivity contribution in [2.45, 2.75) is 25.8 Å². The molecule has 0 heterocycles. The number of sulfonamides is 1. The van der Waals surface area contributed by atoms with Crippen LogP contribution in [0, 0.1) is 0 Å². The zero-order chi connectivity index (χ0) is 20.0. The second kappa shape index (κ2) is 9.44. The smallest absolute Gasteiger partial charge is 0.240 e. The lowest BCUT2D eigenvalue weighted by Gasteiger charge is -2.23. The van der Waals surface area contributed by atoms with E-state index in [1.54, 1.807) is 0 Å². The Morgan fingerprint density at radius 2 is 1.78 bits per heavy atom. The molecule has 5 nitrogen and oxygen atoms in total. The van der Waals surface area contributed by atoms with Crippen LogP contribution in [0.25, 0.3) is 0 Å². The molecule has 0 radical (unpaired) electrons. The fraction of sp³-hybridized carbons (Fsp3) is 0.316. The van der Waals surface area contributed by atoms with Gasteiger partial charge in [0.15, 0.2) is 0 Å². The average Bonchev–Trinajstić information content (AvgIpc) is 2.60. The first-order chi connectivity index (χ1) is 12.7. The molecular weight excluding hydrogens is 407 g/mol. The number of aryl methyl sites for hydroxylation is 1. The van der Waals surface area contributed by atoms with Gasteiger partial charge in [-0.1, -0.05) is 53.5 Å². The van der Waals surface area contributed by atoms with Crippen molar-refractivity contribution in [1.29, 1.82) is 0 Å². The lowest BCUT2D eigenvalue weighted by Crippen LogP contribution is -2.43. The van der Waals surface area contributed by atoms with Crippen LogP contribution in [0.15, 0.2) is 48.5 Å². The summed E-state index contributed by atoms with van der Waals surface area (Å²) in [6.45, 7) is 1.57. The van der Waals surface area contributed by atoms with Crippen molar-refractivity contribution in [3.05, 3.63) is 64.1 Å². The third kappa shape index (κ3) is 6.72. The van der Waals surface area contributed by atoms with E-state index in [2.05, 4.69) is 5.32 Å². The van der Waals surface area contributed by atoms with Gasteiger partial charge in [0.05, 0.1) is 22.0 Å². The van der Waals surface area contributed by atoms with Crippen molar-refractivity contribution in [1.82, 2.24) is 5.32 Å². The molecule has 1 N–H and O–H groups in total. The van der Waals surface area contributed by atoms with E-state index in [0.29, 0.717) is 10.7 Å². The van der Waals surface area contributed by atoms with E-state index in [4.69, 9.17) is 23.2 Å². The second-order valence-electron chi connectivity index (χ2n) is 6.36. The van der Waals surface area contributed by atoms with E-state index in [-0.39, 0.29) is 23.5 Å². The highest BCUT2D eigenvalue weighted by molar-refractivity contribution is 7.92. The number of carbonyl (C=O) groups is 1. The second-order valence-corrected chi connectivity index (χ2v) is 9.08. The van der Waals surface area contributed by atoms with Crippen LogP contribution in [0.4, 0.5) is 5.69 Å². The molecule has 0 aliphatic carbocycles. The minimum Gasteiger partial charge on any atom is -0.352 e. The van der Waals surface area contributed by atoms with E-state index in [9.17, 15) is 13.2 Å². The van der Waals surface area contributed by atoms with Crippen LogP contribution in [0.1, 0.15) is 18.9 Å². The number of carbonyl (C=O) groups excluding carboxylic acids is 1. The van der Waals surface area contributed by atoms with E-state index >= 15 is 0 Å². The zero-order valence-electron chi connectivity index (χ0n) is 15.2. The standard InChI is InChI=1S/C19H22Cl2N2O3S/c1-14(8-9-15-6-4-3-5-7-15)22-19(24)13-23(27(2,25)26)16-10-11-17(20)18(21)12-16/h3-7,10-12,14H,8-9,13H2,1-2H3,(H,22,24)/t14-/m1/s1. The Labute approximate surface area is 170 Å². The molecule has 146 valence electrons.